The average Bonchev–Trinajstić information content (AvgIpc) is 2.75. The molecule has 1 heterocycles. The second-order valence-electron chi connectivity index (χ2n) is 7.20. The van der Waals surface area contributed by atoms with Crippen LogP contribution in [-0.4, -0.2) is 15.8 Å². The van der Waals surface area contributed by atoms with Crippen molar-refractivity contribution < 1.29 is 9.72 Å². The first kappa shape index (κ1) is 20.5. The number of aromatic nitrogens is 1. The molecule has 4 aromatic rings. The van der Waals surface area contributed by atoms with E-state index in [2.05, 4.69) is 5.32 Å². The summed E-state index contributed by atoms with van der Waals surface area (Å²) in [6, 6.07) is 19.2. The minimum atomic E-state index is -0.465. The first-order chi connectivity index (χ1) is 14.8. The highest BCUT2D eigenvalue weighted by atomic mass is 35.5. The molecule has 6 nitrogen and oxygen atoms in total. The number of nitrogens with zero attached hydrogens (tertiary/aromatic N) is 2. The molecule has 0 unspecified atom stereocenters. The number of carbonyl (C=O) groups is 1. The maximum Gasteiger partial charge on any atom is 0.269 e. The molecule has 31 heavy (non-hydrogen) atoms. The van der Waals surface area contributed by atoms with Gasteiger partial charge in [0, 0.05) is 33.8 Å². The highest BCUT2D eigenvalue weighted by Crippen LogP contribution is 2.32. The van der Waals surface area contributed by atoms with Crippen LogP contribution in [0.2, 0.25) is 5.02 Å². The number of nitro benzene ring substituents is 1. The fourth-order valence-corrected chi connectivity index (χ4v) is 3.76. The second-order valence-corrected chi connectivity index (χ2v) is 7.63. The van der Waals surface area contributed by atoms with Gasteiger partial charge >= 0.3 is 0 Å². The third kappa shape index (κ3) is 3.98. The lowest BCUT2D eigenvalue weighted by Gasteiger charge is -2.16. The van der Waals surface area contributed by atoms with Gasteiger partial charge in [-0.15, -0.1) is 0 Å². The molecule has 3 aromatic carbocycles. The summed E-state index contributed by atoms with van der Waals surface area (Å²) < 4.78 is 0. The Labute approximate surface area is 183 Å². The van der Waals surface area contributed by atoms with Gasteiger partial charge in [-0.05, 0) is 49.2 Å². The Morgan fingerprint density at radius 2 is 1.77 bits per heavy atom. The Balaban J connectivity index is 1.85. The molecule has 1 amide bonds. The number of pyridine rings is 1. The van der Waals surface area contributed by atoms with Crippen molar-refractivity contribution in [3.63, 3.8) is 0 Å². The van der Waals surface area contributed by atoms with Crippen molar-refractivity contribution in [3.05, 3.63) is 98.6 Å². The lowest BCUT2D eigenvalue weighted by Crippen LogP contribution is -2.16. The van der Waals surface area contributed by atoms with E-state index in [-0.39, 0.29) is 11.6 Å². The van der Waals surface area contributed by atoms with Crippen LogP contribution in [0.15, 0.2) is 66.7 Å². The SMILES string of the molecule is Cc1cc([N+](=O)[O-])ccc1NC(=O)c1c(C)c(-c2ccccc2)nc2ccc(Cl)cc12. The van der Waals surface area contributed by atoms with Gasteiger partial charge in [0.1, 0.15) is 0 Å². The number of nitrogens with one attached hydrogen (secondary N) is 1. The van der Waals surface area contributed by atoms with Crippen LogP contribution < -0.4 is 5.32 Å². The van der Waals surface area contributed by atoms with E-state index in [1.54, 1.807) is 25.1 Å². The van der Waals surface area contributed by atoms with Gasteiger partial charge in [0.25, 0.3) is 11.6 Å². The minimum Gasteiger partial charge on any atom is -0.322 e. The fraction of sp³-hybridized carbons (Fsp3) is 0.0833. The third-order valence-electron chi connectivity index (χ3n) is 5.13. The van der Waals surface area contributed by atoms with Gasteiger partial charge < -0.3 is 5.32 Å². The fourth-order valence-electron chi connectivity index (χ4n) is 3.59. The Bertz CT molecular complexity index is 1340. The van der Waals surface area contributed by atoms with Crippen LogP contribution >= 0.6 is 11.6 Å². The molecule has 0 spiro atoms. The maximum atomic E-state index is 13.4. The lowest BCUT2D eigenvalue weighted by atomic mass is 9.97. The molecule has 1 aromatic heterocycles. The van der Waals surface area contributed by atoms with Crippen LogP contribution in [-0.2, 0) is 0 Å². The molecule has 0 aliphatic heterocycles. The lowest BCUT2D eigenvalue weighted by molar-refractivity contribution is -0.384. The number of nitro groups is 1. The number of hydrogen-bond donors (Lipinski definition) is 1. The monoisotopic (exact) mass is 431 g/mol. The smallest absolute Gasteiger partial charge is 0.269 e. The molecule has 0 saturated carbocycles. The molecule has 0 saturated heterocycles. The molecule has 4 rings (SSSR count). The average molecular weight is 432 g/mol. The van der Waals surface area contributed by atoms with Crippen molar-refractivity contribution in [3.8, 4) is 11.3 Å². The summed E-state index contributed by atoms with van der Waals surface area (Å²) in [5.74, 6) is -0.332. The molecule has 0 bridgehead atoms. The first-order valence-corrected chi connectivity index (χ1v) is 9.94. The van der Waals surface area contributed by atoms with Crippen LogP contribution in [0.1, 0.15) is 21.5 Å². The molecular weight excluding hydrogens is 414 g/mol. The van der Waals surface area contributed by atoms with Crippen molar-refractivity contribution in [2.75, 3.05) is 5.32 Å². The molecule has 0 fully saturated rings. The predicted molar refractivity (Wildman–Crippen MR) is 123 cm³/mol. The van der Waals surface area contributed by atoms with Gasteiger partial charge in [-0.3, -0.25) is 14.9 Å². The Morgan fingerprint density at radius 3 is 2.45 bits per heavy atom. The van der Waals surface area contributed by atoms with Crippen LogP contribution in [0.25, 0.3) is 22.2 Å². The Morgan fingerprint density at radius 1 is 1.03 bits per heavy atom. The molecule has 0 aliphatic rings. The summed E-state index contributed by atoms with van der Waals surface area (Å²) in [4.78, 5) is 28.7. The van der Waals surface area contributed by atoms with E-state index < -0.39 is 4.92 Å². The second kappa shape index (κ2) is 8.16. The minimum absolute atomic E-state index is 0.0285. The molecule has 154 valence electrons. The highest BCUT2D eigenvalue weighted by Gasteiger charge is 2.20. The van der Waals surface area contributed by atoms with Gasteiger partial charge in [-0.1, -0.05) is 41.9 Å². The quantitative estimate of drug-likeness (QED) is 0.302. The molecule has 7 heteroatoms. The number of rotatable bonds is 4. The number of benzene rings is 3. The van der Waals surface area contributed by atoms with Gasteiger partial charge in [-0.2, -0.15) is 0 Å². The van der Waals surface area contributed by atoms with Gasteiger partial charge in [0.15, 0.2) is 0 Å². The summed E-state index contributed by atoms with van der Waals surface area (Å²) in [6.07, 6.45) is 0. The van der Waals surface area contributed by atoms with E-state index in [0.29, 0.717) is 38.4 Å². The van der Waals surface area contributed by atoms with Crippen molar-refractivity contribution in [2.24, 2.45) is 0 Å². The number of non-ortho nitro benzene ring substituents is 1. The van der Waals surface area contributed by atoms with Crippen LogP contribution in [0, 0.1) is 24.0 Å². The Kier molecular flexibility index (Phi) is 5.40. The molecular formula is C24H18ClN3O3. The van der Waals surface area contributed by atoms with Gasteiger partial charge in [0.2, 0.25) is 0 Å². The third-order valence-corrected chi connectivity index (χ3v) is 5.37. The van der Waals surface area contributed by atoms with E-state index >= 15 is 0 Å². The van der Waals surface area contributed by atoms with Crippen molar-refractivity contribution in [1.82, 2.24) is 4.98 Å². The standard InChI is InChI=1S/C24H18ClN3O3/c1-14-12-18(28(30)31)9-11-20(14)27-24(29)22-15(2)23(16-6-4-3-5-7-16)26-21-10-8-17(25)13-19(21)22/h3-13H,1-2H3,(H,27,29). The number of anilines is 1. The zero-order valence-electron chi connectivity index (χ0n) is 16.8. The summed E-state index contributed by atoms with van der Waals surface area (Å²) >= 11 is 6.21. The molecule has 0 aliphatic carbocycles. The summed E-state index contributed by atoms with van der Waals surface area (Å²) in [7, 11) is 0. The molecule has 0 atom stereocenters. The van der Waals surface area contributed by atoms with Crippen LogP contribution in [0.3, 0.4) is 0 Å². The number of carbonyl (C=O) groups excluding carboxylic acids is 1. The predicted octanol–water partition coefficient (Wildman–Crippen LogP) is 6.33. The van der Waals surface area contributed by atoms with E-state index in [9.17, 15) is 14.9 Å². The number of halogens is 1. The Hall–Kier alpha value is -3.77. The van der Waals surface area contributed by atoms with Crippen molar-refractivity contribution in [1.29, 1.82) is 0 Å². The zero-order valence-corrected chi connectivity index (χ0v) is 17.6. The summed E-state index contributed by atoms with van der Waals surface area (Å²) in [5, 5.41) is 15.0. The van der Waals surface area contributed by atoms with Crippen molar-refractivity contribution >= 4 is 39.8 Å². The molecule has 0 radical (unpaired) electrons. The zero-order chi connectivity index (χ0) is 22.1. The topological polar surface area (TPSA) is 85.1 Å². The number of fused-ring (bicyclic) bond motifs is 1. The largest absolute Gasteiger partial charge is 0.322 e. The highest BCUT2D eigenvalue weighted by molar-refractivity contribution is 6.31. The number of amides is 1. The van der Waals surface area contributed by atoms with E-state index in [1.165, 1.54) is 18.2 Å². The van der Waals surface area contributed by atoms with E-state index in [1.807, 2.05) is 37.3 Å². The van der Waals surface area contributed by atoms with Gasteiger partial charge in [0.05, 0.1) is 21.7 Å². The van der Waals surface area contributed by atoms with Crippen LogP contribution in [0.4, 0.5) is 11.4 Å². The van der Waals surface area contributed by atoms with Crippen LogP contribution in [0.5, 0.6) is 0 Å². The summed E-state index contributed by atoms with van der Waals surface area (Å²) in [6.45, 7) is 3.57. The molecule has 1 N–H and O–H groups in total. The van der Waals surface area contributed by atoms with Gasteiger partial charge in [-0.25, -0.2) is 4.98 Å². The number of aryl methyl sites for hydroxylation is 1. The van der Waals surface area contributed by atoms with Crippen molar-refractivity contribution in [2.45, 2.75) is 13.8 Å². The van der Waals surface area contributed by atoms with E-state index in [0.717, 1.165) is 11.1 Å². The normalized spacial score (nSPS) is 10.8. The number of hydrogen-bond acceptors (Lipinski definition) is 4. The van der Waals surface area contributed by atoms with E-state index in [4.69, 9.17) is 16.6 Å². The first-order valence-electron chi connectivity index (χ1n) is 9.57. The summed E-state index contributed by atoms with van der Waals surface area (Å²) in [5.41, 5.74) is 4.52. The maximum absolute atomic E-state index is 13.4.